The summed E-state index contributed by atoms with van der Waals surface area (Å²) in [5, 5.41) is 35.8. The number of rotatable bonds is 14. The molecule has 0 aliphatic carbocycles. The number of hydrogen-bond donors (Lipinski definition) is 2. The van der Waals surface area contributed by atoms with Gasteiger partial charge in [0.25, 0.3) is 25.9 Å². The van der Waals surface area contributed by atoms with Crippen LogP contribution >= 0.6 is 223 Å². The summed E-state index contributed by atoms with van der Waals surface area (Å²) in [5.74, 6) is 0. The zero-order valence-electron chi connectivity index (χ0n) is 28.3. The van der Waals surface area contributed by atoms with E-state index in [1.165, 1.54) is 0 Å². The Hall–Kier alpha value is 6.02. The number of nitro benzene ring substituents is 1. The van der Waals surface area contributed by atoms with Crippen molar-refractivity contribution < 1.29 is 45.4 Å². The number of nitro groups is 1. The quantitative estimate of drug-likeness (QED) is 0.0444. The smallest absolute Gasteiger partial charge is 0.292 e. The van der Waals surface area contributed by atoms with Crippen molar-refractivity contribution in [3.63, 3.8) is 0 Å². The molecule has 0 atom stereocenters. The van der Waals surface area contributed by atoms with Crippen LogP contribution in [0.4, 0.5) is 17.1 Å². The third kappa shape index (κ3) is 50.4. The number of likely N-dealkylation sites (N-methyl/N-ethyl adjacent to an activating group) is 1. The maximum Gasteiger partial charge on any atom is 0.292 e. The zero-order valence-corrected chi connectivity index (χ0v) is 55.8. The molecule has 0 saturated heterocycles. The van der Waals surface area contributed by atoms with Gasteiger partial charge in [-0.25, -0.2) is 16.8 Å². The number of hydrogen-bond acceptors (Lipinski definition) is 14. The molecular formula is C22H41I12N6O10S2-. The van der Waals surface area contributed by atoms with E-state index < -0.39 is 20.2 Å². The number of nitrogens with one attached hydrogen (secondary N) is 2. The van der Waals surface area contributed by atoms with Gasteiger partial charge in [0, 0.05) is 268 Å². The van der Waals surface area contributed by atoms with Crippen LogP contribution in [0, 0.1) is 10.1 Å². The molecule has 52 heavy (non-hydrogen) atoms. The Balaban J connectivity index is -0.000000139. The molecule has 0 spiro atoms. The fourth-order valence-corrected chi connectivity index (χ4v) is 3.20. The highest BCUT2D eigenvalue weighted by Crippen LogP contribution is 2.27. The van der Waals surface area contributed by atoms with Gasteiger partial charge in [-0.05, 0) is 32.4 Å². The second kappa shape index (κ2) is 51.4. The summed E-state index contributed by atoms with van der Waals surface area (Å²) in [7, 11) is -3.17. The van der Waals surface area contributed by atoms with E-state index in [1.54, 1.807) is 12.1 Å². The first kappa shape index (κ1) is 72.5. The molecule has 0 unspecified atom stereocenters. The molecule has 1 aliphatic heterocycles. The molecule has 0 radical (unpaired) electrons. The lowest BCUT2D eigenvalue weighted by molar-refractivity contribution is -0.904. The van der Waals surface area contributed by atoms with E-state index in [0.717, 1.165) is 56.0 Å². The van der Waals surface area contributed by atoms with Crippen LogP contribution in [0.1, 0.15) is 20.3 Å². The van der Waals surface area contributed by atoms with Crippen molar-refractivity contribution in [2.24, 2.45) is 0 Å². The molecule has 2 rings (SSSR count). The molecule has 1 aliphatic rings. The molecule has 1 heterocycles. The molecule has 0 saturated carbocycles. The molecule has 1 aromatic rings. The topological polar surface area (TPSA) is 207 Å². The van der Waals surface area contributed by atoms with E-state index in [9.17, 15) is 26.9 Å². The Bertz CT molecular complexity index is 1150. The van der Waals surface area contributed by atoms with Crippen molar-refractivity contribution in [1.82, 2.24) is 9.80 Å². The summed E-state index contributed by atoms with van der Waals surface area (Å²) in [6, 6.07) is 5.21. The summed E-state index contributed by atoms with van der Waals surface area (Å²) in [5.41, 5.74) is 1.61. The highest BCUT2D eigenvalue weighted by Gasteiger charge is 2.18. The van der Waals surface area contributed by atoms with Gasteiger partial charge in [-0.15, -0.1) is 0 Å². The Morgan fingerprint density at radius 3 is 1.56 bits per heavy atom. The average molecular weight is 2140 g/mol. The third-order valence-corrected chi connectivity index (χ3v) is 6.32. The Kier molecular flexibility index (Phi) is 71.6. The van der Waals surface area contributed by atoms with Gasteiger partial charge in [0.2, 0.25) is 0 Å². The van der Waals surface area contributed by atoms with Crippen LogP contribution in [0.15, 0.2) is 30.6 Å². The summed E-state index contributed by atoms with van der Waals surface area (Å²) < 4.78 is 44.1. The van der Waals surface area contributed by atoms with Crippen molar-refractivity contribution in [2.75, 3.05) is 83.2 Å². The largest absolute Gasteiger partial charge is 0.707 e. The molecule has 316 valence electrons. The SMILES string of the molecule is CC[N+](C)(CC)CCNc1cc(NCCCN2C=CN(C)C2)ccc1[N+](=O)[O-].CS(=O)(=O)O[O-].CS(=O)(=O)O[O-].II.II.II.II.II.II. The predicted octanol–water partition coefficient (Wildman–Crippen LogP) is 10.1. The van der Waals surface area contributed by atoms with Crippen molar-refractivity contribution in [3.8, 4) is 0 Å². The average Bonchev–Trinajstić information content (AvgIpc) is 3.59. The summed E-state index contributed by atoms with van der Waals surface area (Å²) >= 11 is 25.4. The molecule has 0 amide bonds. The number of quaternary nitrogens is 1. The lowest BCUT2D eigenvalue weighted by atomic mass is 10.2. The summed E-state index contributed by atoms with van der Waals surface area (Å²) in [4.78, 5) is 15.4. The second-order valence-corrected chi connectivity index (χ2v) is 12.3. The molecule has 2 N–H and O–H groups in total. The Morgan fingerprint density at radius 1 is 0.808 bits per heavy atom. The van der Waals surface area contributed by atoms with Crippen molar-refractivity contribution in [2.45, 2.75) is 20.3 Å². The molecule has 0 aromatic heterocycles. The first-order chi connectivity index (χ1) is 24.5. The van der Waals surface area contributed by atoms with Gasteiger partial charge in [-0.1, -0.05) is 0 Å². The van der Waals surface area contributed by atoms with Crippen LogP contribution in [0.5, 0.6) is 0 Å². The maximum absolute atomic E-state index is 11.4. The van der Waals surface area contributed by atoms with Crippen molar-refractivity contribution in [3.05, 3.63) is 40.7 Å². The van der Waals surface area contributed by atoms with Crippen LogP contribution in [-0.2, 0) is 28.9 Å². The molecule has 0 fully saturated rings. The highest BCUT2D eigenvalue weighted by molar-refractivity contribution is 15.0. The molecular weight excluding hydrogens is 2100 g/mol. The Labute approximate surface area is 450 Å². The van der Waals surface area contributed by atoms with E-state index in [0.29, 0.717) is 24.7 Å². The van der Waals surface area contributed by atoms with Gasteiger partial charge < -0.3 is 44.1 Å². The van der Waals surface area contributed by atoms with E-state index >= 15 is 0 Å². The lowest BCUT2D eigenvalue weighted by Crippen LogP contribution is -2.46. The molecule has 1 aromatic carbocycles. The van der Waals surface area contributed by atoms with Gasteiger partial charge >= 0.3 is 0 Å². The maximum atomic E-state index is 11.4. The molecule has 30 heteroatoms. The molecule has 16 nitrogen and oxygen atoms in total. The minimum Gasteiger partial charge on any atom is -0.707 e. The molecule has 0 bridgehead atoms. The van der Waals surface area contributed by atoms with Gasteiger partial charge in [-0.3, -0.25) is 10.1 Å². The monoisotopic (exact) mass is 2140 g/mol. The van der Waals surface area contributed by atoms with E-state index in [4.69, 9.17) is 10.5 Å². The standard InChI is InChI=1S/C20H35N6O2.2CH4O4S.6I2/c1-5-26(4,6-2)15-11-22-19-16-18(8-9-20(19)25(27)28)21-10-7-12-24-14-13-23(3)17-24;2*1-6(3,4)5-2;6*1-2/h8-9,13-14,16,21-22H,5-7,10-12,15,17H2,1-4H3;2*2H,1H3;;;;;;/q+1;;;;;;;;/p-2. The minimum absolute atomic E-state index is 0.123. The summed E-state index contributed by atoms with van der Waals surface area (Å²) in [6.45, 7) is 10.8. The first-order valence-electron chi connectivity index (χ1n) is 13.1. The first-order valence-corrected chi connectivity index (χ1v) is 54.4. The number of halogens is 12. The van der Waals surface area contributed by atoms with E-state index in [2.05, 4.69) is 293 Å². The number of benzene rings is 1. The van der Waals surface area contributed by atoms with E-state index in [-0.39, 0.29) is 10.6 Å². The van der Waals surface area contributed by atoms with Gasteiger partial charge in [0.05, 0.1) is 57.3 Å². The van der Waals surface area contributed by atoms with Crippen LogP contribution in [0.3, 0.4) is 0 Å². The fourth-order valence-electron chi connectivity index (χ4n) is 3.20. The van der Waals surface area contributed by atoms with E-state index in [1.807, 2.05) is 6.07 Å². The summed E-state index contributed by atoms with van der Waals surface area (Å²) in [6.07, 6.45) is 6.54. The Morgan fingerprint density at radius 2 is 1.23 bits per heavy atom. The highest BCUT2D eigenvalue weighted by atomic mass is 128. The number of nitrogens with zero attached hydrogens (tertiary/aromatic N) is 4. The van der Waals surface area contributed by atoms with Crippen LogP contribution in [-0.4, -0.2) is 109 Å². The third-order valence-electron chi connectivity index (χ3n) is 5.82. The number of anilines is 2. The van der Waals surface area contributed by atoms with Gasteiger partial charge in [-0.2, -0.15) is 0 Å². The normalized spacial score (nSPS) is 10.8. The lowest BCUT2D eigenvalue weighted by Gasteiger charge is -2.32. The van der Waals surface area contributed by atoms with Crippen LogP contribution in [0.2, 0.25) is 0 Å². The second-order valence-electron chi connectivity index (χ2n) is 9.22. The van der Waals surface area contributed by atoms with Crippen LogP contribution < -0.4 is 21.1 Å². The fraction of sp³-hybridized carbons (Fsp3) is 0.636. The van der Waals surface area contributed by atoms with Crippen LogP contribution in [0.25, 0.3) is 0 Å². The zero-order chi connectivity index (χ0) is 43.0. The predicted molar refractivity (Wildman–Crippen MR) is 315 cm³/mol. The van der Waals surface area contributed by atoms with Crippen molar-refractivity contribution in [1.29, 1.82) is 0 Å². The minimum atomic E-state index is -3.72. The van der Waals surface area contributed by atoms with Gasteiger partial charge in [0.1, 0.15) is 5.69 Å². The van der Waals surface area contributed by atoms with Crippen molar-refractivity contribution >= 4 is 261 Å². The van der Waals surface area contributed by atoms with Gasteiger partial charge in [0.15, 0.2) is 0 Å².